The van der Waals surface area contributed by atoms with Crippen LogP contribution in [-0.2, 0) is 7.05 Å². The molecule has 98 valence electrons. The van der Waals surface area contributed by atoms with Crippen LogP contribution >= 0.6 is 11.3 Å². The van der Waals surface area contributed by atoms with E-state index in [2.05, 4.69) is 26.7 Å². The molecule has 0 spiro atoms. The van der Waals surface area contributed by atoms with Gasteiger partial charge in [-0.15, -0.1) is 16.4 Å². The Kier molecular flexibility index (Phi) is 3.15. The fourth-order valence-electron chi connectivity index (χ4n) is 1.72. The minimum absolute atomic E-state index is 0.635. The van der Waals surface area contributed by atoms with Gasteiger partial charge in [-0.1, -0.05) is 5.21 Å². The number of benzene rings is 1. The molecule has 3 aromatic rings. The predicted octanol–water partition coefficient (Wildman–Crippen LogP) is 2.55. The Labute approximate surface area is 119 Å². The quantitative estimate of drug-likeness (QED) is 0.798. The van der Waals surface area contributed by atoms with Crippen molar-refractivity contribution >= 4 is 22.2 Å². The SMILES string of the molecule is Cn1nncc1-c1csc(Nc2ccc(C#N)cc2)n1. The van der Waals surface area contributed by atoms with Crippen LogP contribution in [0.15, 0.2) is 35.8 Å². The van der Waals surface area contributed by atoms with E-state index in [4.69, 9.17) is 5.26 Å². The number of aryl methyl sites for hydroxylation is 1. The average Bonchev–Trinajstić information content (AvgIpc) is 3.08. The number of aromatic nitrogens is 4. The van der Waals surface area contributed by atoms with Gasteiger partial charge < -0.3 is 5.32 Å². The average molecular weight is 282 g/mol. The highest BCUT2D eigenvalue weighted by Crippen LogP contribution is 2.26. The second-order valence-electron chi connectivity index (χ2n) is 4.09. The summed E-state index contributed by atoms with van der Waals surface area (Å²) in [7, 11) is 1.83. The highest BCUT2D eigenvalue weighted by atomic mass is 32.1. The number of nitrogens with one attached hydrogen (secondary N) is 1. The molecule has 20 heavy (non-hydrogen) atoms. The first-order valence-electron chi connectivity index (χ1n) is 5.84. The minimum Gasteiger partial charge on any atom is -0.332 e. The number of hydrogen-bond acceptors (Lipinski definition) is 6. The summed E-state index contributed by atoms with van der Waals surface area (Å²) >= 11 is 1.51. The first kappa shape index (κ1) is 12.3. The molecule has 0 unspecified atom stereocenters. The Balaban J connectivity index is 1.80. The van der Waals surface area contributed by atoms with Crippen LogP contribution in [0.1, 0.15) is 5.56 Å². The first-order chi connectivity index (χ1) is 9.76. The number of nitrogens with zero attached hydrogens (tertiary/aromatic N) is 5. The maximum Gasteiger partial charge on any atom is 0.187 e. The zero-order chi connectivity index (χ0) is 13.9. The molecule has 0 aliphatic carbocycles. The maximum atomic E-state index is 8.76. The highest BCUT2D eigenvalue weighted by Gasteiger charge is 2.08. The van der Waals surface area contributed by atoms with E-state index in [9.17, 15) is 0 Å². The number of hydrogen-bond donors (Lipinski definition) is 1. The molecular formula is C13H10N6S. The van der Waals surface area contributed by atoms with E-state index in [1.807, 2.05) is 24.6 Å². The van der Waals surface area contributed by atoms with Crippen LogP contribution in [0, 0.1) is 11.3 Å². The van der Waals surface area contributed by atoms with E-state index < -0.39 is 0 Å². The fraction of sp³-hybridized carbons (Fsp3) is 0.0769. The monoisotopic (exact) mass is 282 g/mol. The maximum absolute atomic E-state index is 8.76. The lowest BCUT2D eigenvalue weighted by Gasteiger charge is -2.01. The summed E-state index contributed by atoms with van der Waals surface area (Å²) in [6.07, 6.45) is 1.68. The molecule has 7 heteroatoms. The largest absolute Gasteiger partial charge is 0.332 e. The lowest BCUT2D eigenvalue weighted by molar-refractivity contribution is 0.719. The Morgan fingerprint density at radius 3 is 2.75 bits per heavy atom. The van der Waals surface area contributed by atoms with E-state index in [-0.39, 0.29) is 0 Å². The number of rotatable bonds is 3. The standard InChI is InChI=1S/C13H10N6S/c1-19-12(7-15-18-19)11-8-20-13(17-11)16-10-4-2-9(6-14)3-5-10/h2-5,7-8H,1H3,(H,16,17). The molecule has 3 rings (SSSR count). The molecule has 0 saturated heterocycles. The summed E-state index contributed by atoms with van der Waals surface area (Å²) in [5.74, 6) is 0. The molecule has 1 N–H and O–H groups in total. The summed E-state index contributed by atoms with van der Waals surface area (Å²) in [6, 6.07) is 9.33. The van der Waals surface area contributed by atoms with Gasteiger partial charge in [-0.2, -0.15) is 5.26 Å². The molecule has 6 nitrogen and oxygen atoms in total. The zero-order valence-electron chi connectivity index (χ0n) is 10.6. The van der Waals surface area contributed by atoms with Gasteiger partial charge in [0.05, 0.1) is 17.8 Å². The third kappa shape index (κ3) is 2.37. The lowest BCUT2D eigenvalue weighted by Crippen LogP contribution is -1.94. The van der Waals surface area contributed by atoms with Crippen LogP contribution in [0.25, 0.3) is 11.4 Å². The van der Waals surface area contributed by atoms with Crippen molar-refractivity contribution in [3.05, 3.63) is 41.4 Å². The Bertz CT molecular complexity index is 765. The minimum atomic E-state index is 0.635. The van der Waals surface area contributed by atoms with Gasteiger partial charge in [0.2, 0.25) is 0 Å². The summed E-state index contributed by atoms with van der Waals surface area (Å²) in [5.41, 5.74) is 3.23. The molecular weight excluding hydrogens is 272 g/mol. The van der Waals surface area contributed by atoms with Crippen LogP contribution < -0.4 is 5.32 Å². The van der Waals surface area contributed by atoms with Crippen LogP contribution in [-0.4, -0.2) is 20.0 Å². The van der Waals surface area contributed by atoms with Crippen LogP contribution in [0.3, 0.4) is 0 Å². The van der Waals surface area contributed by atoms with E-state index in [1.54, 1.807) is 23.0 Å². The Hall–Kier alpha value is -2.72. The van der Waals surface area contributed by atoms with Crippen molar-refractivity contribution in [3.8, 4) is 17.5 Å². The Morgan fingerprint density at radius 1 is 1.30 bits per heavy atom. The third-order valence-corrected chi connectivity index (χ3v) is 3.50. The normalized spacial score (nSPS) is 10.2. The molecule has 0 bridgehead atoms. The third-order valence-electron chi connectivity index (χ3n) is 2.75. The van der Waals surface area contributed by atoms with Crippen LogP contribution in [0.4, 0.5) is 10.8 Å². The molecule has 0 radical (unpaired) electrons. The van der Waals surface area contributed by atoms with Gasteiger partial charge in [-0.3, -0.25) is 0 Å². The van der Waals surface area contributed by atoms with Gasteiger partial charge >= 0.3 is 0 Å². The molecule has 0 aliphatic rings. The van der Waals surface area contributed by atoms with Gasteiger partial charge in [0, 0.05) is 18.1 Å². The van der Waals surface area contributed by atoms with Gasteiger partial charge in [0.25, 0.3) is 0 Å². The van der Waals surface area contributed by atoms with Crippen molar-refractivity contribution in [2.24, 2.45) is 7.05 Å². The van der Waals surface area contributed by atoms with E-state index in [1.165, 1.54) is 11.3 Å². The molecule has 0 aliphatic heterocycles. The number of anilines is 2. The van der Waals surface area contributed by atoms with Crippen molar-refractivity contribution in [1.82, 2.24) is 20.0 Å². The molecule has 1 aromatic carbocycles. The van der Waals surface area contributed by atoms with Crippen molar-refractivity contribution in [2.45, 2.75) is 0 Å². The summed E-state index contributed by atoms with van der Waals surface area (Å²) < 4.78 is 1.68. The zero-order valence-corrected chi connectivity index (χ0v) is 11.4. The lowest BCUT2D eigenvalue weighted by atomic mass is 10.2. The second kappa shape index (κ2) is 5.11. The van der Waals surface area contributed by atoms with Gasteiger partial charge in [-0.25, -0.2) is 9.67 Å². The predicted molar refractivity (Wildman–Crippen MR) is 76.6 cm³/mol. The van der Waals surface area contributed by atoms with E-state index >= 15 is 0 Å². The van der Waals surface area contributed by atoms with Gasteiger partial charge in [0.15, 0.2) is 5.13 Å². The van der Waals surface area contributed by atoms with Crippen molar-refractivity contribution in [3.63, 3.8) is 0 Å². The molecule has 2 aromatic heterocycles. The second-order valence-corrected chi connectivity index (χ2v) is 4.95. The molecule has 0 atom stereocenters. The smallest absolute Gasteiger partial charge is 0.187 e. The number of nitriles is 1. The fourth-order valence-corrected chi connectivity index (χ4v) is 2.45. The van der Waals surface area contributed by atoms with Gasteiger partial charge in [0.1, 0.15) is 11.4 Å². The molecule has 0 saturated carbocycles. The molecule has 2 heterocycles. The van der Waals surface area contributed by atoms with E-state index in [0.29, 0.717) is 5.56 Å². The van der Waals surface area contributed by atoms with E-state index in [0.717, 1.165) is 22.2 Å². The topological polar surface area (TPSA) is 79.4 Å². The Morgan fingerprint density at radius 2 is 2.10 bits per heavy atom. The van der Waals surface area contributed by atoms with Crippen molar-refractivity contribution < 1.29 is 0 Å². The molecule has 0 amide bonds. The summed E-state index contributed by atoms with van der Waals surface area (Å²) in [6.45, 7) is 0. The molecule has 0 fully saturated rings. The van der Waals surface area contributed by atoms with Crippen LogP contribution in [0.5, 0.6) is 0 Å². The highest BCUT2D eigenvalue weighted by molar-refractivity contribution is 7.14. The summed E-state index contributed by atoms with van der Waals surface area (Å²) in [4.78, 5) is 4.49. The van der Waals surface area contributed by atoms with Crippen LogP contribution in [0.2, 0.25) is 0 Å². The van der Waals surface area contributed by atoms with Crippen molar-refractivity contribution in [2.75, 3.05) is 5.32 Å². The van der Waals surface area contributed by atoms with Gasteiger partial charge in [-0.05, 0) is 24.3 Å². The summed E-state index contributed by atoms with van der Waals surface area (Å²) in [5, 5.41) is 22.4. The van der Waals surface area contributed by atoms with Crippen molar-refractivity contribution in [1.29, 1.82) is 5.26 Å². The first-order valence-corrected chi connectivity index (χ1v) is 6.72. The number of thiazole rings is 1.